The predicted molar refractivity (Wildman–Crippen MR) is 143 cm³/mol. The van der Waals surface area contributed by atoms with Crippen LogP contribution in [0.1, 0.15) is 41.8 Å². The molecular weight excluding hydrogens is 460 g/mol. The summed E-state index contributed by atoms with van der Waals surface area (Å²) < 4.78 is 10.7. The van der Waals surface area contributed by atoms with Crippen LogP contribution in [-0.4, -0.2) is 31.3 Å². The number of thioether (sulfide) groups is 1. The van der Waals surface area contributed by atoms with E-state index in [-0.39, 0.29) is 17.1 Å². The molecule has 184 valence electrons. The van der Waals surface area contributed by atoms with Gasteiger partial charge in [0.25, 0.3) is 5.91 Å². The van der Waals surface area contributed by atoms with Crippen LogP contribution in [0.5, 0.6) is 11.5 Å². The molecule has 0 spiro atoms. The molecule has 35 heavy (non-hydrogen) atoms. The monoisotopic (exact) mass is 492 g/mol. The van der Waals surface area contributed by atoms with Crippen LogP contribution >= 0.6 is 11.8 Å². The van der Waals surface area contributed by atoms with Crippen molar-refractivity contribution in [1.82, 2.24) is 0 Å². The average molecular weight is 493 g/mol. The summed E-state index contributed by atoms with van der Waals surface area (Å²) in [5.41, 5.74) is 4.01. The molecule has 0 aliphatic heterocycles. The summed E-state index contributed by atoms with van der Waals surface area (Å²) in [7, 11) is 3.03. The van der Waals surface area contributed by atoms with Gasteiger partial charge in [-0.1, -0.05) is 44.2 Å². The van der Waals surface area contributed by atoms with Gasteiger partial charge in [0.05, 0.1) is 19.5 Å². The molecule has 0 aromatic heterocycles. The van der Waals surface area contributed by atoms with Gasteiger partial charge in [-0.3, -0.25) is 9.59 Å². The molecule has 6 nitrogen and oxygen atoms in total. The van der Waals surface area contributed by atoms with Gasteiger partial charge in [0.15, 0.2) is 0 Å². The van der Waals surface area contributed by atoms with Crippen LogP contribution in [0.15, 0.2) is 65.6 Å². The second-order valence-electron chi connectivity index (χ2n) is 7.99. The maximum Gasteiger partial charge on any atom is 0.263 e. The molecule has 0 radical (unpaired) electrons. The number of benzene rings is 3. The number of methoxy groups -OCH3 is 2. The van der Waals surface area contributed by atoms with E-state index in [9.17, 15) is 9.59 Å². The van der Waals surface area contributed by atoms with Crippen molar-refractivity contribution in [2.24, 2.45) is 0 Å². The van der Waals surface area contributed by atoms with Gasteiger partial charge in [0, 0.05) is 16.3 Å². The van der Waals surface area contributed by atoms with Crippen LogP contribution in [0.25, 0.3) is 0 Å². The topological polar surface area (TPSA) is 76.7 Å². The van der Waals surface area contributed by atoms with Crippen molar-refractivity contribution in [3.63, 3.8) is 0 Å². The zero-order valence-corrected chi connectivity index (χ0v) is 21.6. The highest BCUT2D eigenvalue weighted by molar-refractivity contribution is 8.00. The van der Waals surface area contributed by atoms with Gasteiger partial charge in [-0.2, -0.15) is 0 Å². The standard InChI is InChI=1S/C28H32N2O4S/c1-6-19-12-8-11-18(3)26(19)30-27(31)24(7-2)35-21-14-9-13-20(17-21)29-28(32)25-22(33-4)15-10-16-23(25)34-5/h8-17,24H,6-7H2,1-5H3,(H,29,32)(H,30,31). The van der Waals surface area contributed by atoms with E-state index in [0.29, 0.717) is 29.2 Å². The summed E-state index contributed by atoms with van der Waals surface area (Å²) in [5.74, 6) is 0.489. The first kappa shape index (κ1) is 26.2. The summed E-state index contributed by atoms with van der Waals surface area (Å²) in [5, 5.41) is 5.78. The number of aryl methyl sites for hydroxylation is 2. The Hall–Kier alpha value is -3.45. The van der Waals surface area contributed by atoms with E-state index in [2.05, 4.69) is 17.6 Å². The third kappa shape index (κ3) is 6.36. The van der Waals surface area contributed by atoms with Crippen molar-refractivity contribution in [2.45, 2.75) is 43.8 Å². The second-order valence-corrected chi connectivity index (χ2v) is 9.26. The lowest BCUT2D eigenvalue weighted by molar-refractivity contribution is -0.115. The fraction of sp³-hybridized carbons (Fsp3) is 0.286. The van der Waals surface area contributed by atoms with Crippen molar-refractivity contribution in [2.75, 3.05) is 24.9 Å². The van der Waals surface area contributed by atoms with Gasteiger partial charge in [-0.25, -0.2) is 0 Å². The zero-order valence-electron chi connectivity index (χ0n) is 20.8. The van der Waals surface area contributed by atoms with Gasteiger partial charge in [0.1, 0.15) is 17.1 Å². The van der Waals surface area contributed by atoms with Crippen LogP contribution < -0.4 is 20.1 Å². The minimum Gasteiger partial charge on any atom is -0.496 e. The highest BCUT2D eigenvalue weighted by atomic mass is 32.2. The van der Waals surface area contributed by atoms with Crippen LogP contribution in [0, 0.1) is 6.92 Å². The minimum absolute atomic E-state index is 0.0327. The fourth-order valence-corrected chi connectivity index (χ4v) is 4.82. The third-order valence-corrected chi connectivity index (χ3v) is 7.03. The Balaban J connectivity index is 1.75. The average Bonchev–Trinajstić information content (AvgIpc) is 2.87. The number of ether oxygens (including phenoxy) is 2. The van der Waals surface area contributed by atoms with E-state index in [1.807, 2.05) is 56.3 Å². The summed E-state index contributed by atoms with van der Waals surface area (Å²) in [6.07, 6.45) is 1.51. The first-order valence-corrected chi connectivity index (χ1v) is 12.5. The minimum atomic E-state index is -0.335. The Morgan fingerprint density at radius 3 is 2.20 bits per heavy atom. The van der Waals surface area contributed by atoms with Crippen LogP contribution in [0.4, 0.5) is 11.4 Å². The first-order valence-electron chi connectivity index (χ1n) is 11.6. The van der Waals surface area contributed by atoms with Crippen LogP contribution in [0.2, 0.25) is 0 Å². The Morgan fingerprint density at radius 2 is 1.57 bits per heavy atom. The molecule has 1 unspecified atom stereocenters. The Labute approximate surface area is 211 Å². The molecule has 2 N–H and O–H groups in total. The summed E-state index contributed by atoms with van der Waals surface area (Å²) in [4.78, 5) is 27.0. The highest BCUT2D eigenvalue weighted by Gasteiger charge is 2.21. The molecular formula is C28H32N2O4S. The van der Waals surface area contributed by atoms with E-state index in [4.69, 9.17) is 9.47 Å². The number of amides is 2. The summed E-state index contributed by atoms with van der Waals surface area (Å²) in [6, 6.07) is 18.7. The van der Waals surface area contributed by atoms with Crippen LogP contribution in [-0.2, 0) is 11.2 Å². The van der Waals surface area contributed by atoms with Gasteiger partial charge in [0.2, 0.25) is 5.91 Å². The maximum atomic E-state index is 13.1. The molecule has 2 amide bonds. The number of anilines is 2. The fourth-order valence-electron chi connectivity index (χ4n) is 3.81. The second kappa shape index (κ2) is 12.3. The Bertz CT molecular complexity index is 1170. The van der Waals surface area contributed by atoms with Crippen molar-refractivity contribution >= 4 is 35.0 Å². The van der Waals surface area contributed by atoms with Crippen LogP contribution in [0.3, 0.4) is 0 Å². The summed E-state index contributed by atoms with van der Waals surface area (Å²) >= 11 is 1.48. The molecule has 0 saturated carbocycles. The molecule has 0 saturated heterocycles. The molecule has 0 aliphatic rings. The number of carbonyl (C=O) groups is 2. The molecule has 3 aromatic rings. The molecule has 7 heteroatoms. The van der Waals surface area contributed by atoms with Crippen molar-refractivity contribution in [1.29, 1.82) is 0 Å². The van der Waals surface area contributed by atoms with Gasteiger partial charge in [-0.05, 0) is 61.2 Å². The normalized spacial score (nSPS) is 11.5. The molecule has 3 rings (SSSR count). The Morgan fingerprint density at radius 1 is 0.914 bits per heavy atom. The predicted octanol–water partition coefficient (Wildman–Crippen LogP) is 6.34. The molecule has 0 heterocycles. The largest absolute Gasteiger partial charge is 0.496 e. The molecule has 1 atom stereocenters. The van der Waals surface area contributed by atoms with E-state index in [1.54, 1.807) is 18.2 Å². The zero-order chi connectivity index (χ0) is 25.4. The van der Waals surface area contributed by atoms with Gasteiger partial charge < -0.3 is 20.1 Å². The lowest BCUT2D eigenvalue weighted by atomic mass is 10.1. The van der Waals surface area contributed by atoms with Crippen molar-refractivity contribution < 1.29 is 19.1 Å². The number of rotatable bonds is 10. The molecule has 0 bridgehead atoms. The number of nitrogens with one attached hydrogen (secondary N) is 2. The lowest BCUT2D eigenvalue weighted by Gasteiger charge is -2.18. The van der Waals surface area contributed by atoms with E-state index in [1.165, 1.54) is 26.0 Å². The first-order chi connectivity index (χ1) is 16.9. The molecule has 0 fully saturated rings. The quantitative estimate of drug-likeness (QED) is 0.323. The number of hydrogen-bond acceptors (Lipinski definition) is 5. The lowest BCUT2D eigenvalue weighted by Crippen LogP contribution is -2.25. The van der Waals surface area contributed by atoms with Gasteiger partial charge >= 0.3 is 0 Å². The highest BCUT2D eigenvalue weighted by Crippen LogP contribution is 2.32. The smallest absolute Gasteiger partial charge is 0.263 e. The summed E-state index contributed by atoms with van der Waals surface area (Å²) in [6.45, 7) is 6.08. The molecule has 3 aromatic carbocycles. The van der Waals surface area contributed by atoms with E-state index in [0.717, 1.165) is 28.1 Å². The van der Waals surface area contributed by atoms with E-state index < -0.39 is 0 Å². The third-order valence-electron chi connectivity index (χ3n) is 5.68. The van der Waals surface area contributed by atoms with Crippen molar-refractivity contribution in [3.05, 3.63) is 77.4 Å². The maximum absolute atomic E-state index is 13.1. The SMILES string of the molecule is CCc1cccc(C)c1NC(=O)C(CC)Sc1cccc(NC(=O)c2c(OC)cccc2OC)c1. The number of carbonyl (C=O) groups excluding carboxylic acids is 2. The van der Waals surface area contributed by atoms with Crippen molar-refractivity contribution in [3.8, 4) is 11.5 Å². The van der Waals surface area contributed by atoms with E-state index >= 15 is 0 Å². The Kier molecular flexibility index (Phi) is 9.20. The molecule has 0 aliphatic carbocycles. The van der Waals surface area contributed by atoms with Gasteiger partial charge in [-0.15, -0.1) is 11.8 Å². The number of hydrogen-bond donors (Lipinski definition) is 2. The number of para-hydroxylation sites is 1.